The Balaban J connectivity index is 2.16. The first-order chi connectivity index (χ1) is 9.36. The molecule has 1 aromatic heterocycles. The topological polar surface area (TPSA) is 25.2 Å². The predicted molar refractivity (Wildman–Crippen MR) is 74.6 cm³/mol. The molecule has 2 nitrogen and oxygen atoms in total. The maximum Gasteiger partial charge on any atom is 0.418 e. The first-order valence-corrected chi connectivity index (χ1v) is 6.81. The molecule has 1 unspecified atom stereocenters. The van der Waals surface area contributed by atoms with E-state index >= 15 is 0 Å². The highest BCUT2D eigenvalue weighted by atomic mass is 79.9. The number of nitrogens with one attached hydrogen (secondary N) is 1. The Bertz CT molecular complexity index is 566. The molecular weight excluding hydrogens is 335 g/mol. The molecule has 1 heterocycles. The maximum atomic E-state index is 13.0. The van der Waals surface area contributed by atoms with E-state index in [0.717, 1.165) is 11.8 Å². The number of rotatable bonds is 4. The van der Waals surface area contributed by atoms with Crippen LogP contribution in [0.3, 0.4) is 0 Å². The Morgan fingerprint density at radius 3 is 2.65 bits per heavy atom. The Morgan fingerprint density at radius 2 is 2.05 bits per heavy atom. The quantitative estimate of drug-likeness (QED) is 0.831. The lowest BCUT2D eigenvalue weighted by Crippen LogP contribution is -2.20. The smallest absolute Gasteiger partial charge is 0.418 e. The van der Waals surface area contributed by atoms with Crippen LogP contribution >= 0.6 is 15.9 Å². The van der Waals surface area contributed by atoms with Gasteiger partial charge in [-0.05, 0) is 37.3 Å². The van der Waals surface area contributed by atoms with Crippen LogP contribution in [0.1, 0.15) is 18.2 Å². The van der Waals surface area contributed by atoms with Crippen molar-refractivity contribution in [3.05, 3.63) is 52.4 Å². The van der Waals surface area contributed by atoms with Crippen molar-refractivity contribution in [3.8, 4) is 0 Å². The number of anilines is 1. The fourth-order valence-corrected chi connectivity index (χ4v) is 2.28. The van der Waals surface area contributed by atoms with E-state index in [1.165, 1.54) is 6.07 Å². The summed E-state index contributed by atoms with van der Waals surface area (Å²) in [5.41, 5.74) is -0.613. The van der Waals surface area contributed by atoms with Crippen LogP contribution in [-0.2, 0) is 12.6 Å². The molecule has 108 valence electrons. The summed E-state index contributed by atoms with van der Waals surface area (Å²) in [4.78, 5) is 0. The molecule has 0 radical (unpaired) electrons. The highest BCUT2D eigenvalue weighted by molar-refractivity contribution is 9.10. The van der Waals surface area contributed by atoms with Crippen LogP contribution in [0.15, 0.2) is 45.5 Å². The molecule has 0 aliphatic rings. The van der Waals surface area contributed by atoms with Crippen molar-refractivity contribution in [1.29, 1.82) is 0 Å². The third kappa shape index (κ3) is 3.79. The number of halogens is 4. The average molecular weight is 348 g/mol. The molecule has 0 aliphatic heterocycles. The molecule has 0 bridgehead atoms. The number of hydrogen-bond donors (Lipinski definition) is 1. The van der Waals surface area contributed by atoms with Gasteiger partial charge in [0.2, 0.25) is 0 Å². The number of hydrogen-bond acceptors (Lipinski definition) is 2. The second kappa shape index (κ2) is 5.91. The van der Waals surface area contributed by atoms with Crippen LogP contribution in [0.5, 0.6) is 0 Å². The molecule has 0 spiro atoms. The molecule has 2 rings (SSSR count). The first-order valence-electron chi connectivity index (χ1n) is 6.02. The van der Waals surface area contributed by atoms with Gasteiger partial charge < -0.3 is 9.73 Å². The van der Waals surface area contributed by atoms with Gasteiger partial charge in [-0.15, -0.1) is 0 Å². The summed E-state index contributed by atoms with van der Waals surface area (Å²) >= 11 is 3.06. The minimum Gasteiger partial charge on any atom is -0.469 e. The van der Waals surface area contributed by atoms with Gasteiger partial charge in [0.25, 0.3) is 0 Å². The van der Waals surface area contributed by atoms with Gasteiger partial charge in [-0.1, -0.05) is 15.9 Å². The summed E-state index contributed by atoms with van der Waals surface area (Å²) in [6, 6.07) is 7.45. The molecule has 0 amide bonds. The lowest BCUT2D eigenvalue weighted by atomic mass is 10.1. The van der Waals surface area contributed by atoms with Gasteiger partial charge in [0.1, 0.15) is 5.76 Å². The van der Waals surface area contributed by atoms with Gasteiger partial charge in [0.15, 0.2) is 0 Å². The lowest BCUT2D eigenvalue weighted by molar-refractivity contribution is -0.137. The third-order valence-electron chi connectivity index (χ3n) is 2.78. The molecule has 1 aromatic carbocycles. The Hall–Kier alpha value is -1.43. The lowest BCUT2D eigenvalue weighted by Gasteiger charge is -2.19. The maximum absolute atomic E-state index is 13.0. The minimum atomic E-state index is -4.39. The molecule has 0 aliphatic carbocycles. The first kappa shape index (κ1) is 15.0. The summed E-state index contributed by atoms with van der Waals surface area (Å²) < 4.78 is 44.5. The van der Waals surface area contributed by atoms with Crippen molar-refractivity contribution in [2.75, 3.05) is 5.32 Å². The zero-order chi connectivity index (χ0) is 14.8. The molecule has 0 fully saturated rings. The minimum absolute atomic E-state index is 0.0692. The summed E-state index contributed by atoms with van der Waals surface area (Å²) in [6.07, 6.45) is -2.33. The average Bonchev–Trinajstić information content (AvgIpc) is 2.82. The van der Waals surface area contributed by atoms with E-state index in [0.29, 0.717) is 10.9 Å². The normalized spacial score (nSPS) is 13.2. The van der Waals surface area contributed by atoms with Crippen molar-refractivity contribution in [1.82, 2.24) is 0 Å². The highest BCUT2D eigenvalue weighted by Crippen LogP contribution is 2.36. The molecule has 2 aromatic rings. The summed E-state index contributed by atoms with van der Waals surface area (Å²) in [7, 11) is 0. The van der Waals surface area contributed by atoms with E-state index in [1.54, 1.807) is 24.5 Å². The summed E-state index contributed by atoms with van der Waals surface area (Å²) in [6.45, 7) is 1.81. The molecule has 20 heavy (non-hydrogen) atoms. The van der Waals surface area contributed by atoms with Crippen molar-refractivity contribution < 1.29 is 17.6 Å². The molecular formula is C14H13BrF3NO. The molecule has 6 heteroatoms. The molecule has 0 saturated carbocycles. The second-order valence-electron chi connectivity index (χ2n) is 4.52. The second-order valence-corrected chi connectivity index (χ2v) is 5.43. The van der Waals surface area contributed by atoms with E-state index in [2.05, 4.69) is 21.2 Å². The van der Waals surface area contributed by atoms with Crippen LogP contribution in [0, 0.1) is 0 Å². The number of alkyl halides is 3. The van der Waals surface area contributed by atoms with Crippen LogP contribution in [0.25, 0.3) is 0 Å². The van der Waals surface area contributed by atoms with E-state index in [4.69, 9.17) is 4.42 Å². The van der Waals surface area contributed by atoms with Gasteiger partial charge in [-0.25, -0.2) is 0 Å². The van der Waals surface area contributed by atoms with Crippen LogP contribution < -0.4 is 5.32 Å². The van der Waals surface area contributed by atoms with E-state index in [9.17, 15) is 13.2 Å². The Morgan fingerprint density at radius 1 is 1.30 bits per heavy atom. The SMILES string of the molecule is CC(Cc1ccco1)Nc1ccc(Br)cc1C(F)(F)F. The van der Waals surface area contributed by atoms with Crippen molar-refractivity contribution in [2.45, 2.75) is 25.6 Å². The molecule has 1 N–H and O–H groups in total. The van der Waals surface area contributed by atoms with Gasteiger partial charge in [0, 0.05) is 22.6 Å². The fraction of sp³-hybridized carbons (Fsp3) is 0.286. The standard InChI is InChI=1S/C14H13BrF3NO/c1-9(7-11-3-2-6-20-11)19-13-5-4-10(15)8-12(13)14(16,17)18/h2-6,8-9,19H,7H2,1H3. The Kier molecular flexibility index (Phi) is 4.42. The van der Waals surface area contributed by atoms with Crippen molar-refractivity contribution >= 4 is 21.6 Å². The van der Waals surface area contributed by atoms with E-state index < -0.39 is 11.7 Å². The third-order valence-corrected chi connectivity index (χ3v) is 3.27. The molecule has 0 saturated heterocycles. The highest BCUT2D eigenvalue weighted by Gasteiger charge is 2.34. The Labute approximate surface area is 123 Å². The van der Waals surface area contributed by atoms with E-state index in [-0.39, 0.29) is 11.7 Å². The largest absolute Gasteiger partial charge is 0.469 e. The van der Waals surface area contributed by atoms with Crippen molar-refractivity contribution in [2.24, 2.45) is 0 Å². The van der Waals surface area contributed by atoms with Gasteiger partial charge >= 0.3 is 6.18 Å². The summed E-state index contributed by atoms with van der Waals surface area (Å²) in [5.74, 6) is 0.732. The molecule has 1 atom stereocenters. The zero-order valence-electron chi connectivity index (χ0n) is 10.7. The zero-order valence-corrected chi connectivity index (χ0v) is 12.3. The van der Waals surface area contributed by atoms with Crippen LogP contribution in [-0.4, -0.2) is 6.04 Å². The van der Waals surface area contributed by atoms with Gasteiger partial charge in [0.05, 0.1) is 11.8 Å². The summed E-state index contributed by atoms with van der Waals surface area (Å²) in [5, 5.41) is 2.88. The fourth-order valence-electron chi connectivity index (χ4n) is 1.92. The number of furan rings is 1. The predicted octanol–water partition coefficient (Wildman–Crippen LogP) is 5.10. The van der Waals surface area contributed by atoms with Crippen LogP contribution in [0.4, 0.5) is 18.9 Å². The van der Waals surface area contributed by atoms with Gasteiger partial charge in [-0.3, -0.25) is 0 Å². The van der Waals surface area contributed by atoms with Crippen LogP contribution in [0.2, 0.25) is 0 Å². The monoisotopic (exact) mass is 347 g/mol. The number of benzene rings is 1. The van der Waals surface area contributed by atoms with Crippen molar-refractivity contribution in [3.63, 3.8) is 0 Å². The van der Waals surface area contributed by atoms with Gasteiger partial charge in [-0.2, -0.15) is 13.2 Å². The van der Waals surface area contributed by atoms with E-state index in [1.807, 2.05) is 6.92 Å².